The van der Waals surface area contributed by atoms with Crippen molar-refractivity contribution in [2.75, 3.05) is 13.2 Å². The van der Waals surface area contributed by atoms with Crippen LogP contribution >= 0.6 is 0 Å². The van der Waals surface area contributed by atoms with Gasteiger partial charge in [0.1, 0.15) is 0 Å². The molecule has 0 heterocycles. The van der Waals surface area contributed by atoms with Crippen LogP contribution in [0.5, 0.6) is 0 Å². The predicted molar refractivity (Wildman–Crippen MR) is 58.3 cm³/mol. The first-order valence-electron chi connectivity index (χ1n) is 4.61. The molecular formula is C11H18O4. The van der Waals surface area contributed by atoms with Crippen LogP contribution in [0.4, 0.5) is 0 Å². The number of carbonyl (C=O) groups excluding carboxylic acids is 2. The highest BCUT2D eigenvalue weighted by Gasteiger charge is 1.98. The zero-order chi connectivity index (χ0) is 12.3. The molecule has 0 aliphatic heterocycles. The molecule has 4 nitrogen and oxygen atoms in total. The molecule has 0 radical (unpaired) electrons. The van der Waals surface area contributed by atoms with Crippen molar-refractivity contribution in [3.63, 3.8) is 0 Å². The highest BCUT2D eigenvalue weighted by molar-refractivity contribution is 5.86. The summed E-state index contributed by atoms with van der Waals surface area (Å²) in [6.07, 6.45) is 1.14. The summed E-state index contributed by atoms with van der Waals surface area (Å²) in [7, 11) is 0. The number of hydrogen-bond donors (Lipinski definition) is 0. The van der Waals surface area contributed by atoms with Crippen molar-refractivity contribution < 1.29 is 19.1 Å². The van der Waals surface area contributed by atoms with Gasteiger partial charge in [0.2, 0.25) is 0 Å². The second kappa shape index (κ2) is 10.5. The van der Waals surface area contributed by atoms with E-state index in [0.29, 0.717) is 18.8 Å². The van der Waals surface area contributed by atoms with Crippen LogP contribution in [0.3, 0.4) is 0 Å². The molecule has 15 heavy (non-hydrogen) atoms. The van der Waals surface area contributed by atoms with E-state index in [1.165, 1.54) is 0 Å². The van der Waals surface area contributed by atoms with Crippen LogP contribution < -0.4 is 0 Å². The van der Waals surface area contributed by atoms with Crippen LogP contribution in [0.1, 0.15) is 20.8 Å². The Hall–Kier alpha value is -1.58. The zero-order valence-electron chi connectivity index (χ0n) is 9.54. The van der Waals surface area contributed by atoms with Gasteiger partial charge in [-0.1, -0.05) is 13.2 Å². The number of hydrogen-bond acceptors (Lipinski definition) is 4. The van der Waals surface area contributed by atoms with Crippen LogP contribution in [0, 0.1) is 0 Å². The lowest BCUT2D eigenvalue weighted by Gasteiger charge is -1.96. The van der Waals surface area contributed by atoms with Crippen LogP contribution in [0.2, 0.25) is 0 Å². The molecule has 0 N–H and O–H groups in total. The molecule has 0 aromatic rings. The highest BCUT2D eigenvalue weighted by atomic mass is 16.5. The highest BCUT2D eigenvalue weighted by Crippen LogP contribution is 1.89. The molecule has 0 aromatic carbocycles. The molecule has 0 spiro atoms. The van der Waals surface area contributed by atoms with Gasteiger partial charge in [-0.15, -0.1) is 0 Å². The van der Waals surface area contributed by atoms with Crippen molar-refractivity contribution in [3.05, 3.63) is 24.8 Å². The normalized spacial score (nSPS) is 7.93. The fourth-order valence-electron chi connectivity index (χ4n) is 0.455. The van der Waals surface area contributed by atoms with E-state index in [1.54, 1.807) is 20.8 Å². The molecule has 4 heteroatoms. The van der Waals surface area contributed by atoms with Crippen molar-refractivity contribution in [2.24, 2.45) is 0 Å². The minimum absolute atomic E-state index is 0.312. The van der Waals surface area contributed by atoms with E-state index in [0.717, 1.165) is 6.08 Å². The van der Waals surface area contributed by atoms with E-state index in [4.69, 9.17) is 0 Å². The molecule has 0 aliphatic carbocycles. The zero-order valence-corrected chi connectivity index (χ0v) is 9.54. The average Bonchev–Trinajstić information content (AvgIpc) is 2.19. The molecule has 0 aromatic heterocycles. The van der Waals surface area contributed by atoms with Gasteiger partial charge in [-0.2, -0.15) is 0 Å². The van der Waals surface area contributed by atoms with Crippen molar-refractivity contribution >= 4 is 11.9 Å². The molecule has 0 unspecified atom stereocenters. The Kier molecular flexibility index (Phi) is 11.1. The minimum Gasteiger partial charge on any atom is -0.463 e. The largest absolute Gasteiger partial charge is 0.463 e. The first-order valence-corrected chi connectivity index (χ1v) is 4.61. The molecule has 0 saturated heterocycles. The fraction of sp³-hybridized carbons (Fsp3) is 0.455. The smallest absolute Gasteiger partial charge is 0.333 e. The molecule has 0 bridgehead atoms. The molecule has 0 atom stereocenters. The van der Waals surface area contributed by atoms with E-state index in [2.05, 4.69) is 22.6 Å². The maximum Gasteiger partial charge on any atom is 0.333 e. The second-order valence-corrected chi connectivity index (χ2v) is 2.46. The summed E-state index contributed by atoms with van der Waals surface area (Å²) in [6, 6.07) is 0. The Balaban J connectivity index is 0. The molecule has 0 amide bonds. The third kappa shape index (κ3) is 12.4. The lowest BCUT2D eigenvalue weighted by molar-refractivity contribution is -0.138. The number of rotatable bonds is 4. The second-order valence-electron chi connectivity index (χ2n) is 2.46. The average molecular weight is 214 g/mol. The maximum atomic E-state index is 10.4. The Labute approximate surface area is 90.6 Å². The van der Waals surface area contributed by atoms with Gasteiger partial charge >= 0.3 is 11.9 Å². The van der Waals surface area contributed by atoms with Gasteiger partial charge in [0, 0.05) is 11.6 Å². The third-order valence-electron chi connectivity index (χ3n) is 1.08. The Bertz CT molecular complexity index is 231. The summed E-state index contributed by atoms with van der Waals surface area (Å²) in [6.45, 7) is 12.6. The quantitative estimate of drug-likeness (QED) is 0.529. The standard InChI is InChI=1S/C6H10O2.C5H8O2/c1-4-8-6(7)5(2)3;1-3-5(6)7-4-2/h2,4H2,1,3H3;3H,1,4H2,2H3. The van der Waals surface area contributed by atoms with Crippen LogP contribution in [-0.4, -0.2) is 25.2 Å². The Morgan fingerprint density at radius 3 is 1.80 bits per heavy atom. The van der Waals surface area contributed by atoms with E-state index >= 15 is 0 Å². The van der Waals surface area contributed by atoms with Gasteiger partial charge in [0.15, 0.2) is 0 Å². The van der Waals surface area contributed by atoms with Crippen molar-refractivity contribution in [3.8, 4) is 0 Å². The van der Waals surface area contributed by atoms with E-state index < -0.39 is 0 Å². The fourth-order valence-corrected chi connectivity index (χ4v) is 0.455. The van der Waals surface area contributed by atoms with E-state index in [9.17, 15) is 9.59 Å². The van der Waals surface area contributed by atoms with Crippen LogP contribution in [-0.2, 0) is 19.1 Å². The van der Waals surface area contributed by atoms with Gasteiger partial charge in [0.05, 0.1) is 13.2 Å². The molecule has 0 saturated carbocycles. The van der Waals surface area contributed by atoms with Gasteiger partial charge in [0.25, 0.3) is 0 Å². The summed E-state index contributed by atoms with van der Waals surface area (Å²) in [5.41, 5.74) is 0.451. The molecule has 86 valence electrons. The van der Waals surface area contributed by atoms with E-state index in [1.807, 2.05) is 0 Å². The first kappa shape index (κ1) is 15.9. The number of esters is 2. The van der Waals surface area contributed by atoms with Gasteiger partial charge < -0.3 is 9.47 Å². The summed E-state index contributed by atoms with van der Waals surface area (Å²) in [5.74, 6) is -0.671. The van der Waals surface area contributed by atoms with Gasteiger partial charge in [-0.3, -0.25) is 0 Å². The van der Waals surface area contributed by atoms with Crippen molar-refractivity contribution in [1.82, 2.24) is 0 Å². The summed E-state index contributed by atoms with van der Waals surface area (Å²) >= 11 is 0. The lowest BCUT2D eigenvalue weighted by Crippen LogP contribution is -2.03. The molecular weight excluding hydrogens is 196 g/mol. The summed E-state index contributed by atoms with van der Waals surface area (Å²) in [4.78, 5) is 20.5. The Morgan fingerprint density at radius 2 is 1.67 bits per heavy atom. The first-order chi connectivity index (χ1) is 6.99. The molecule has 0 aliphatic rings. The molecule has 0 rings (SSSR count). The molecule has 0 fully saturated rings. The van der Waals surface area contributed by atoms with E-state index in [-0.39, 0.29) is 11.9 Å². The third-order valence-corrected chi connectivity index (χ3v) is 1.08. The van der Waals surface area contributed by atoms with Crippen LogP contribution in [0.15, 0.2) is 24.8 Å². The van der Waals surface area contributed by atoms with Crippen LogP contribution in [0.25, 0.3) is 0 Å². The van der Waals surface area contributed by atoms with Gasteiger partial charge in [-0.25, -0.2) is 9.59 Å². The monoisotopic (exact) mass is 214 g/mol. The van der Waals surface area contributed by atoms with Crippen molar-refractivity contribution in [2.45, 2.75) is 20.8 Å². The minimum atomic E-state index is -0.359. The Morgan fingerprint density at radius 1 is 1.20 bits per heavy atom. The predicted octanol–water partition coefficient (Wildman–Crippen LogP) is 1.86. The van der Waals surface area contributed by atoms with Crippen molar-refractivity contribution in [1.29, 1.82) is 0 Å². The number of ether oxygens (including phenoxy) is 2. The van der Waals surface area contributed by atoms with Gasteiger partial charge in [-0.05, 0) is 20.8 Å². The lowest BCUT2D eigenvalue weighted by atomic mass is 10.4. The SMILES string of the molecule is C=C(C)C(=O)OCC.C=CC(=O)OCC. The topological polar surface area (TPSA) is 52.6 Å². The summed E-state index contributed by atoms with van der Waals surface area (Å²) < 4.78 is 9.00. The number of carbonyl (C=O) groups is 2. The summed E-state index contributed by atoms with van der Waals surface area (Å²) in [5, 5.41) is 0. The maximum absolute atomic E-state index is 10.4.